The summed E-state index contributed by atoms with van der Waals surface area (Å²) in [6, 6.07) is 29.3. The summed E-state index contributed by atoms with van der Waals surface area (Å²) in [5.74, 6) is 1.29. The third-order valence-corrected chi connectivity index (χ3v) is 11.1. The zero-order chi connectivity index (χ0) is 25.1. The number of hydrogen-bond acceptors (Lipinski definition) is 1. The van der Waals surface area contributed by atoms with Gasteiger partial charge in [0.25, 0.3) is 0 Å². The molecule has 1 fully saturated rings. The fraction of sp³-hybridized carbons (Fsp3) is 0.243. The van der Waals surface area contributed by atoms with Crippen molar-refractivity contribution < 1.29 is 0 Å². The van der Waals surface area contributed by atoms with Crippen LogP contribution in [0.25, 0.3) is 27.1 Å². The molecule has 0 radical (unpaired) electrons. The summed E-state index contributed by atoms with van der Waals surface area (Å²) in [5.41, 5.74) is 9.09. The van der Waals surface area contributed by atoms with E-state index in [-0.39, 0.29) is 0 Å². The normalized spacial score (nSPS) is 26.2. The van der Waals surface area contributed by atoms with Crippen molar-refractivity contribution in [1.29, 1.82) is 0 Å². The van der Waals surface area contributed by atoms with Crippen molar-refractivity contribution in [2.45, 2.75) is 48.5 Å². The molecule has 4 aromatic carbocycles. The van der Waals surface area contributed by atoms with E-state index in [1.165, 1.54) is 51.9 Å². The number of rotatable bonds is 3. The number of benzene rings is 4. The molecule has 0 N–H and O–H groups in total. The van der Waals surface area contributed by atoms with Crippen LogP contribution < -0.4 is 0 Å². The average Bonchev–Trinajstić information content (AvgIpc) is 3.62. The molecule has 4 unspecified atom stereocenters. The summed E-state index contributed by atoms with van der Waals surface area (Å²) in [4.78, 5) is 0. The first-order valence-electron chi connectivity index (χ1n) is 14.2. The van der Waals surface area contributed by atoms with Gasteiger partial charge in [0, 0.05) is 16.4 Å². The maximum atomic E-state index is 2.58. The molecule has 1 heteroatoms. The summed E-state index contributed by atoms with van der Waals surface area (Å²) in [6.07, 6.45) is 18.7. The van der Waals surface area contributed by atoms with Crippen molar-refractivity contribution in [3.63, 3.8) is 0 Å². The van der Waals surface area contributed by atoms with Gasteiger partial charge in [-0.25, -0.2) is 0 Å². The van der Waals surface area contributed by atoms with Crippen LogP contribution in [-0.4, -0.2) is 10.5 Å². The Kier molecular flexibility index (Phi) is 5.47. The molecule has 1 heterocycles. The van der Waals surface area contributed by atoms with Crippen LogP contribution in [-0.2, 0) is 6.42 Å². The molecule has 3 aliphatic carbocycles. The molecule has 1 aliphatic heterocycles. The highest BCUT2D eigenvalue weighted by molar-refractivity contribution is 8.01. The van der Waals surface area contributed by atoms with Crippen molar-refractivity contribution >= 4 is 38.9 Å². The van der Waals surface area contributed by atoms with E-state index < -0.39 is 0 Å². The van der Waals surface area contributed by atoms with Crippen LogP contribution in [0.1, 0.15) is 48.3 Å². The van der Waals surface area contributed by atoms with Crippen molar-refractivity contribution in [3.05, 3.63) is 137 Å². The lowest BCUT2D eigenvalue weighted by atomic mass is 9.86. The van der Waals surface area contributed by atoms with Gasteiger partial charge in [0.2, 0.25) is 0 Å². The SMILES string of the molecule is C1=CC(C2CCC(C3=CCC4C(=C3)Cc3ccccc34)S2)CC=C1c1ccc2c(ccc3ccccc32)c1. The first-order chi connectivity index (χ1) is 18.8. The van der Waals surface area contributed by atoms with Gasteiger partial charge in [-0.2, -0.15) is 0 Å². The summed E-state index contributed by atoms with van der Waals surface area (Å²) in [5, 5.41) is 6.73. The predicted octanol–water partition coefficient (Wildman–Crippen LogP) is 9.81. The van der Waals surface area contributed by atoms with Crippen LogP contribution in [0.5, 0.6) is 0 Å². The summed E-state index contributed by atoms with van der Waals surface area (Å²) >= 11 is 2.25. The van der Waals surface area contributed by atoms with Crippen molar-refractivity contribution in [2.75, 3.05) is 0 Å². The van der Waals surface area contributed by atoms with E-state index in [0.29, 0.717) is 17.1 Å². The average molecular weight is 509 g/mol. The van der Waals surface area contributed by atoms with Gasteiger partial charge in [-0.05, 0) is 93.5 Å². The lowest BCUT2D eigenvalue weighted by Crippen LogP contribution is -2.14. The maximum Gasteiger partial charge on any atom is 0.0297 e. The standard InChI is InChI=1S/C37H32S/c1-3-7-32-25(5-1)11-14-29-21-27(15-17-34(29)32)24-9-12-26(13-10-24)36-19-20-37(38-36)30-16-18-35-31(23-30)22-28-6-2-4-8-33(28)35/h1-12,14-17,21,23,26,35-37H,13,18-20,22H2. The smallest absolute Gasteiger partial charge is 0.0297 e. The van der Waals surface area contributed by atoms with Gasteiger partial charge >= 0.3 is 0 Å². The molecule has 4 aliphatic rings. The van der Waals surface area contributed by atoms with Crippen molar-refractivity contribution in [1.82, 2.24) is 0 Å². The van der Waals surface area contributed by atoms with E-state index in [9.17, 15) is 0 Å². The molecule has 0 nitrogen and oxygen atoms in total. The van der Waals surface area contributed by atoms with E-state index >= 15 is 0 Å². The molecule has 0 bridgehead atoms. The van der Waals surface area contributed by atoms with Gasteiger partial charge in [0.1, 0.15) is 0 Å². The van der Waals surface area contributed by atoms with Crippen LogP contribution in [0.3, 0.4) is 0 Å². The highest BCUT2D eigenvalue weighted by Crippen LogP contribution is 2.49. The lowest BCUT2D eigenvalue weighted by Gasteiger charge is -2.24. The summed E-state index contributed by atoms with van der Waals surface area (Å²) in [6.45, 7) is 0. The Hall–Kier alpha value is -3.29. The van der Waals surface area contributed by atoms with E-state index in [1.807, 2.05) is 0 Å². The molecule has 0 spiro atoms. The fourth-order valence-corrected chi connectivity index (χ4v) is 8.99. The second-order valence-corrected chi connectivity index (χ2v) is 12.9. The molecule has 1 saturated heterocycles. The summed E-state index contributed by atoms with van der Waals surface area (Å²) < 4.78 is 0. The molecule has 4 aromatic rings. The Morgan fingerprint density at radius 1 is 0.737 bits per heavy atom. The monoisotopic (exact) mass is 508 g/mol. The second-order valence-electron chi connectivity index (χ2n) is 11.5. The van der Waals surface area contributed by atoms with Crippen LogP contribution in [0, 0.1) is 5.92 Å². The highest BCUT2D eigenvalue weighted by Gasteiger charge is 2.35. The van der Waals surface area contributed by atoms with Gasteiger partial charge in [-0.1, -0.05) is 109 Å². The number of allylic oxidation sites excluding steroid dienone is 7. The van der Waals surface area contributed by atoms with Crippen LogP contribution in [0.4, 0.5) is 0 Å². The second kappa shape index (κ2) is 9.17. The third-order valence-electron chi connectivity index (χ3n) is 9.33. The molecule has 38 heavy (non-hydrogen) atoms. The van der Waals surface area contributed by atoms with E-state index in [4.69, 9.17) is 0 Å². The first kappa shape index (κ1) is 22.7. The van der Waals surface area contributed by atoms with E-state index in [1.54, 1.807) is 22.3 Å². The zero-order valence-electron chi connectivity index (χ0n) is 21.6. The van der Waals surface area contributed by atoms with Gasteiger partial charge in [-0.3, -0.25) is 0 Å². The van der Waals surface area contributed by atoms with Crippen LogP contribution >= 0.6 is 11.8 Å². The maximum absolute atomic E-state index is 2.58. The molecular weight excluding hydrogens is 476 g/mol. The minimum absolute atomic E-state index is 0.635. The molecular formula is C37H32S. The third kappa shape index (κ3) is 3.83. The predicted molar refractivity (Wildman–Crippen MR) is 165 cm³/mol. The van der Waals surface area contributed by atoms with E-state index in [0.717, 1.165) is 18.1 Å². The van der Waals surface area contributed by atoms with Gasteiger partial charge in [0.15, 0.2) is 0 Å². The number of fused-ring (bicyclic) bond motifs is 6. The minimum atomic E-state index is 0.635. The Morgan fingerprint density at radius 3 is 2.55 bits per heavy atom. The highest BCUT2D eigenvalue weighted by atomic mass is 32.2. The number of hydrogen-bond donors (Lipinski definition) is 0. The first-order valence-corrected chi connectivity index (χ1v) is 15.2. The molecule has 0 saturated carbocycles. The van der Waals surface area contributed by atoms with Crippen LogP contribution in [0.2, 0.25) is 0 Å². The topological polar surface area (TPSA) is 0 Å². The van der Waals surface area contributed by atoms with Gasteiger partial charge < -0.3 is 0 Å². The minimum Gasteiger partial charge on any atom is -0.150 e. The van der Waals surface area contributed by atoms with E-state index in [2.05, 4.69) is 121 Å². The Labute approximate surface area is 229 Å². The Balaban J connectivity index is 0.952. The molecule has 186 valence electrons. The largest absolute Gasteiger partial charge is 0.150 e. The fourth-order valence-electron chi connectivity index (χ4n) is 7.30. The lowest BCUT2D eigenvalue weighted by molar-refractivity contribution is 0.590. The van der Waals surface area contributed by atoms with Crippen molar-refractivity contribution in [3.8, 4) is 0 Å². The quantitative estimate of drug-likeness (QED) is 0.248. The molecule has 8 rings (SSSR count). The number of thioether (sulfide) groups is 1. The van der Waals surface area contributed by atoms with Crippen LogP contribution in [0.15, 0.2) is 120 Å². The summed E-state index contributed by atoms with van der Waals surface area (Å²) in [7, 11) is 0. The Morgan fingerprint density at radius 2 is 1.61 bits per heavy atom. The molecule has 0 aromatic heterocycles. The van der Waals surface area contributed by atoms with Gasteiger partial charge in [-0.15, -0.1) is 11.8 Å². The van der Waals surface area contributed by atoms with Gasteiger partial charge in [0.05, 0.1) is 0 Å². The Bertz CT molecular complexity index is 1700. The zero-order valence-corrected chi connectivity index (χ0v) is 22.5. The molecule has 4 atom stereocenters. The molecule has 0 amide bonds. The van der Waals surface area contributed by atoms with Crippen molar-refractivity contribution in [2.24, 2.45) is 5.92 Å².